The molecule has 0 saturated carbocycles. The van der Waals surface area contributed by atoms with Crippen molar-refractivity contribution in [1.29, 1.82) is 0 Å². The third kappa shape index (κ3) is 48.4. The Bertz CT molecular complexity index is 1650. The number of rotatable bonds is 60. The van der Waals surface area contributed by atoms with E-state index in [9.17, 15) is 5.53 Å². The Hall–Kier alpha value is -1.99. The molecule has 0 bridgehead atoms. The third-order valence-corrected chi connectivity index (χ3v) is 18.7. The first-order chi connectivity index (χ1) is 42.5. The quantitative estimate of drug-likeness (QED) is 0.0273. The van der Waals surface area contributed by atoms with Gasteiger partial charge in [0.1, 0.15) is 0 Å². The first-order valence-electron chi connectivity index (χ1n) is 39.2. The summed E-state index contributed by atoms with van der Waals surface area (Å²) < 4.78 is 1.57. The molecule has 0 saturated heterocycles. The molecule has 2 aromatic rings. The van der Waals surface area contributed by atoms with Crippen molar-refractivity contribution >= 4 is 11.4 Å². The molecule has 0 spiro atoms. The Labute approximate surface area is 557 Å². The number of allylic oxidation sites excluding steroid dienone is 2. The Morgan fingerprint density at radius 3 is 0.690 bits per heavy atom. The summed E-state index contributed by atoms with van der Waals surface area (Å²) in [6.07, 6.45) is 82.3. The third-order valence-electron chi connectivity index (χ3n) is 18.7. The van der Waals surface area contributed by atoms with E-state index in [4.69, 9.17) is 0 Å². The van der Waals surface area contributed by atoms with Gasteiger partial charge in [-0.15, -0.1) is 0 Å². The van der Waals surface area contributed by atoms with Crippen molar-refractivity contribution in [2.45, 2.75) is 427 Å². The topological polar surface area (TPSA) is 25.3 Å². The van der Waals surface area contributed by atoms with Crippen molar-refractivity contribution in [2.75, 3.05) is 0 Å². The van der Waals surface area contributed by atoms with Gasteiger partial charge in [-0.05, 0) is 86.8 Å². The van der Waals surface area contributed by atoms with E-state index < -0.39 is 0 Å². The van der Waals surface area contributed by atoms with Crippen LogP contribution in [0, 0.1) is 13.8 Å². The van der Waals surface area contributed by atoms with Gasteiger partial charge in [0.15, 0.2) is 0 Å². The minimum absolute atomic E-state index is 0. The summed E-state index contributed by atoms with van der Waals surface area (Å²) in [4.78, 5) is 0. The molecule has 3 heteroatoms. The van der Waals surface area contributed by atoms with E-state index in [1.54, 1.807) is 4.70 Å². The van der Waals surface area contributed by atoms with Crippen LogP contribution >= 0.6 is 0 Å². The normalized spacial score (nSPS) is 12.2. The van der Waals surface area contributed by atoms with E-state index in [1.807, 2.05) is 0 Å². The number of nitrogens with zero attached hydrogens (tertiary/aromatic N) is 2. The van der Waals surface area contributed by atoms with Gasteiger partial charge in [-0.3, -0.25) is 0 Å². The van der Waals surface area contributed by atoms with Gasteiger partial charge in [0, 0.05) is 22.3 Å². The molecule has 1 aliphatic heterocycles. The molecular weight excluding hydrogens is 1100 g/mol. The van der Waals surface area contributed by atoms with Gasteiger partial charge >= 0.3 is 16.5 Å². The number of benzene rings is 2. The minimum atomic E-state index is 0. The Morgan fingerprint density at radius 1 is 0.264 bits per heavy atom. The second kappa shape index (κ2) is 66.9. The van der Waals surface area contributed by atoms with Crippen LogP contribution in [0.15, 0.2) is 59.7 Å². The summed E-state index contributed by atoms with van der Waals surface area (Å²) >= 11 is 0. The molecule has 2 nitrogen and oxygen atoms in total. The zero-order chi connectivity index (χ0) is 62.3. The molecule has 506 valence electrons. The van der Waals surface area contributed by atoms with Gasteiger partial charge in [-0.25, -0.2) is 4.70 Å². The summed E-state index contributed by atoms with van der Waals surface area (Å²) in [6, 6.07) is 18.1. The van der Waals surface area contributed by atoms with Crippen molar-refractivity contribution in [3.8, 4) is 0 Å². The number of hydrogen-bond acceptors (Lipinski definition) is 0. The van der Waals surface area contributed by atoms with Gasteiger partial charge < -0.3 is 19.4 Å². The van der Waals surface area contributed by atoms with E-state index in [-0.39, 0.29) is 16.5 Å². The number of hydrogen-bond donors (Lipinski definition) is 0. The molecule has 1 heterocycles. The van der Waals surface area contributed by atoms with Crippen LogP contribution in [0.2, 0.25) is 0 Å². The van der Waals surface area contributed by atoms with Gasteiger partial charge in [-0.1, -0.05) is 387 Å². The maximum atomic E-state index is 12.0. The first kappa shape index (κ1) is 85.0. The standard InChI is InChI=1S/C40H60N2.2C22H45.Ni/c1-5-9-13-15-17-19-23-33-25-21-27-35(31-33)39-37(29-11-7-3)38(30-12-8-4)40(42(39)41)36-28-22-26-34(32-36)24-20-18-16-14-10-6-2;2*1-3-5-7-9-11-13-15-17-19-21-22-20-18-16-14-12-10-8-6-4-2;/h21-22,25-28,31-32H,5-20,23-24,29-30H2,1-4H3;2*1,3-22H2,2H3;/q;2*-1;+2. The van der Waals surface area contributed by atoms with Gasteiger partial charge in [0.25, 0.3) is 0 Å². The average Bonchev–Trinajstić information content (AvgIpc) is 3.07. The molecule has 3 rings (SSSR count). The fourth-order valence-corrected chi connectivity index (χ4v) is 13.0. The summed E-state index contributed by atoms with van der Waals surface area (Å²) in [5.74, 6) is 0. The van der Waals surface area contributed by atoms with Crippen molar-refractivity contribution in [3.05, 3.63) is 101 Å². The predicted octanol–water partition coefficient (Wildman–Crippen LogP) is 30.3. The van der Waals surface area contributed by atoms with Gasteiger partial charge in [0.2, 0.25) is 11.4 Å². The average molecular weight is 1250 g/mol. The van der Waals surface area contributed by atoms with Crippen LogP contribution < -0.4 is 0 Å². The fraction of sp³-hybridized carbons (Fsp3) is 0.786. The second-order valence-corrected chi connectivity index (χ2v) is 27.0. The van der Waals surface area contributed by atoms with Crippen LogP contribution in [0.3, 0.4) is 0 Å². The van der Waals surface area contributed by atoms with Crippen molar-refractivity contribution in [1.82, 2.24) is 0 Å². The van der Waals surface area contributed by atoms with Crippen LogP contribution in [-0.4, -0.2) is 4.70 Å². The number of unbranched alkanes of at least 4 members (excludes halogenated alkanes) is 50. The van der Waals surface area contributed by atoms with Crippen molar-refractivity contribution in [3.63, 3.8) is 0 Å². The maximum Gasteiger partial charge on any atom is 2.00 e. The van der Waals surface area contributed by atoms with Crippen LogP contribution in [0.4, 0.5) is 0 Å². The molecule has 2 aromatic carbocycles. The van der Waals surface area contributed by atoms with Crippen LogP contribution in [0.1, 0.15) is 436 Å². The Morgan fingerprint density at radius 2 is 0.471 bits per heavy atom. The molecular formula is C84H150N2Ni. The molecule has 0 amide bonds. The fourth-order valence-electron chi connectivity index (χ4n) is 13.0. The zero-order valence-corrected chi connectivity index (χ0v) is 60.7. The summed E-state index contributed by atoms with van der Waals surface area (Å²) in [6.45, 7) is 21.5. The SMILES string of the molecule is CCCCCCCCc1cccc(C2=C(CCCC)C(CCCC)=C(c3cccc(CCCCCCCC)c3)[N+]2=[N-])c1.[CH2-]CCCCCCCCCCCCCCCCCCCCC.[CH2-]CCCCCCCCCCCCCCCCCCCCC.[Ni+2]. The maximum absolute atomic E-state index is 12.0. The molecule has 0 unspecified atom stereocenters. The predicted molar refractivity (Wildman–Crippen MR) is 390 cm³/mol. The summed E-state index contributed by atoms with van der Waals surface area (Å²) in [5.41, 5.74) is 21.9. The molecule has 1 aliphatic rings. The molecule has 0 aliphatic carbocycles. The number of aryl methyl sites for hydroxylation is 2. The Balaban J connectivity index is 0.00000140. The van der Waals surface area contributed by atoms with E-state index in [2.05, 4.69) is 104 Å². The van der Waals surface area contributed by atoms with Gasteiger partial charge in [0.05, 0.1) is 0 Å². The Kier molecular flexibility index (Phi) is 65.4. The van der Waals surface area contributed by atoms with Crippen LogP contribution in [0.25, 0.3) is 16.9 Å². The summed E-state index contributed by atoms with van der Waals surface area (Å²) in [5, 5.41) is 0. The zero-order valence-electron chi connectivity index (χ0n) is 59.7. The van der Waals surface area contributed by atoms with E-state index in [0.29, 0.717) is 0 Å². The monoisotopic (exact) mass is 1250 g/mol. The van der Waals surface area contributed by atoms with Crippen LogP contribution in [-0.2, 0) is 29.3 Å². The summed E-state index contributed by atoms with van der Waals surface area (Å²) in [7, 11) is 0. The molecule has 87 heavy (non-hydrogen) atoms. The van der Waals surface area contributed by atoms with Crippen molar-refractivity contribution in [2.24, 2.45) is 0 Å². The van der Waals surface area contributed by atoms with E-state index in [0.717, 1.165) is 75.6 Å². The molecule has 0 N–H and O–H groups in total. The van der Waals surface area contributed by atoms with E-state index in [1.165, 1.54) is 354 Å². The largest absolute Gasteiger partial charge is 2.00 e. The second-order valence-electron chi connectivity index (χ2n) is 27.0. The van der Waals surface area contributed by atoms with Gasteiger partial charge in [-0.2, -0.15) is 12.8 Å². The first-order valence-corrected chi connectivity index (χ1v) is 39.2. The van der Waals surface area contributed by atoms with Crippen LogP contribution in [0.5, 0.6) is 0 Å². The molecule has 0 atom stereocenters. The smallest absolute Gasteiger partial charge is 0.493 e. The minimum Gasteiger partial charge on any atom is -0.493 e. The van der Waals surface area contributed by atoms with E-state index >= 15 is 0 Å². The van der Waals surface area contributed by atoms with Crippen molar-refractivity contribution < 1.29 is 21.2 Å². The molecule has 0 aromatic heterocycles. The molecule has 0 radical (unpaired) electrons. The molecule has 0 fully saturated rings.